The molecular formula is C30H29Cl2N5O2S. The molecule has 2 aromatic carbocycles. The molecule has 0 aliphatic carbocycles. The molecule has 5 rings (SSSR count). The second kappa shape index (κ2) is 11.1. The predicted molar refractivity (Wildman–Crippen MR) is 165 cm³/mol. The van der Waals surface area contributed by atoms with Gasteiger partial charge in [-0.2, -0.15) is 0 Å². The normalized spacial score (nSPS) is 17.1. The van der Waals surface area contributed by atoms with Crippen LogP contribution in [0.1, 0.15) is 44.2 Å². The molecule has 10 heteroatoms. The van der Waals surface area contributed by atoms with E-state index >= 15 is 0 Å². The molecule has 2 N–H and O–H groups in total. The summed E-state index contributed by atoms with van der Waals surface area (Å²) in [6, 6.07) is 20.3. The van der Waals surface area contributed by atoms with Crippen LogP contribution in [0.4, 0.5) is 11.4 Å². The van der Waals surface area contributed by atoms with Gasteiger partial charge in [-0.1, -0.05) is 50.0 Å². The van der Waals surface area contributed by atoms with Crippen molar-refractivity contribution in [3.8, 4) is 11.4 Å². The molecule has 1 fully saturated rings. The summed E-state index contributed by atoms with van der Waals surface area (Å²) in [5.41, 5.74) is 3.39. The Morgan fingerprint density at radius 2 is 1.88 bits per heavy atom. The van der Waals surface area contributed by atoms with E-state index in [2.05, 4.69) is 15.6 Å². The summed E-state index contributed by atoms with van der Waals surface area (Å²) in [7, 11) is 1.58. The Balaban J connectivity index is 1.62. The molecule has 0 radical (unpaired) electrons. The molecule has 2 atom stereocenters. The Kier molecular flexibility index (Phi) is 7.77. The number of amides is 1. The van der Waals surface area contributed by atoms with Gasteiger partial charge in [0.05, 0.1) is 35.2 Å². The predicted octanol–water partition coefficient (Wildman–Crippen LogP) is 7.35. The van der Waals surface area contributed by atoms with Gasteiger partial charge in [-0.05, 0) is 66.8 Å². The Morgan fingerprint density at radius 3 is 2.55 bits per heavy atom. The van der Waals surface area contributed by atoms with Crippen LogP contribution in [0.25, 0.3) is 5.69 Å². The van der Waals surface area contributed by atoms with Crippen molar-refractivity contribution in [2.75, 3.05) is 17.3 Å². The van der Waals surface area contributed by atoms with Gasteiger partial charge in [-0.15, -0.1) is 0 Å². The Hall–Kier alpha value is -3.59. The lowest BCUT2D eigenvalue weighted by Gasteiger charge is -2.29. The summed E-state index contributed by atoms with van der Waals surface area (Å²) in [4.78, 5) is 19.4. The number of rotatable bonds is 6. The average Bonchev–Trinajstić information content (AvgIpc) is 3.53. The Morgan fingerprint density at radius 1 is 1.07 bits per heavy atom. The number of hydrogen-bond acceptors (Lipinski definition) is 4. The number of carbonyl (C=O) groups is 1. The van der Waals surface area contributed by atoms with Gasteiger partial charge in [0.15, 0.2) is 5.11 Å². The molecule has 7 nitrogen and oxygen atoms in total. The summed E-state index contributed by atoms with van der Waals surface area (Å²) in [6.45, 7) is 5.59. The number of nitrogens with one attached hydrogen (secondary N) is 2. The number of pyridine rings is 1. The second-order valence-corrected chi connectivity index (χ2v) is 11.7. The molecule has 2 aromatic heterocycles. The zero-order valence-electron chi connectivity index (χ0n) is 22.5. The number of thiocarbonyl (C=S) groups is 1. The van der Waals surface area contributed by atoms with Crippen LogP contribution in [-0.4, -0.2) is 27.7 Å². The number of aromatic nitrogens is 2. The SMILES string of the molecule is COc1cc(N2C(=S)N[C@H](c3ccccn3)[C@@H]2c2cccn2-c2ccc(Cl)cc2Cl)ccc1NC(=O)C(C)(C)C. The third-order valence-electron chi connectivity index (χ3n) is 6.74. The van der Waals surface area contributed by atoms with Gasteiger partial charge >= 0.3 is 0 Å². The fraction of sp³-hybridized carbons (Fsp3) is 0.233. The summed E-state index contributed by atoms with van der Waals surface area (Å²) >= 11 is 18.7. The number of anilines is 2. The topological polar surface area (TPSA) is 71.4 Å². The molecule has 3 heterocycles. The van der Waals surface area contributed by atoms with Gasteiger partial charge in [0, 0.05) is 40.3 Å². The molecule has 206 valence electrons. The molecule has 1 aliphatic heterocycles. The summed E-state index contributed by atoms with van der Waals surface area (Å²) in [5, 5.41) is 8.07. The highest BCUT2D eigenvalue weighted by molar-refractivity contribution is 7.80. The van der Waals surface area contributed by atoms with Crippen LogP contribution in [0.5, 0.6) is 5.75 Å². The third kappa shape index (κ3) is 5.39. The van der Waals surface area contributed by atoms with E-state index in [4.69, 9.17) is 40.2 Å². The van der Waals surface area contributed by atoms with Crippen LogP contribution in [0.2, 0.25) is 10.0 Å². The maximum Gasteiger partial charge on any atom is 0.229 e. The number of nitrogens with zero attached hydrogens (tertiary/aromatic N) is 3. The van der Waals surface area contributed by atoms with E-state index < -0.39 is 5.41 Å². The third-order valence-corrected chi connectivity index (χ3v) is 7.60. The quantitative estimate of drug-likeness (QED) is 0.228. The number of carbonyl (C=O) groups excluding carboxylic acids is 1. The first-order valence-corrected chi connectivity index (χ1v) is 13.9. The number of methoxy groups -OCH3 is 1. The van der Waals surface area contributed by atoms with Crippen molar-refractivity contribution in [2.24, 2.45) is 5.41 Å². The van der Waals surface area contributed by atoms with Crippen molar-refractivity contribution >= 4 is 57.8 Å². The largest absolute Gasteiger partial charge is 0.494 e. The molecule has 0 unspecified atom stereocenters. The minimum Gasteiger partial charge on any atom is -0.494 e. The van der Waals surface area contributed by atoms with Crippen LogP contribution in [-0.2, 0) is 4.79 Å². The van der Waals surface area contributed by atoms with Crippen molar-refractivity contribution < 1.29 is 9.53 Å². The van der Waals surface area contributed by atoms with Crippen molar-refractivity contribution in [1.29, 1.82) is 0 Å². The smallest absolute Gasteiger partial charge is 0.229 e. The van der Waals surface area contributed by atoms with Gasteiger partial charge in [0.25, 0.3) is 0 Å². The lowest BCUT2D eigenvalue weighted by molar-refractivity contribution is -0.123. The van der Waals surface area contributed by atoms with Gasteiger partial charge in [-0.3, -0.25) is 9.78 Å². The maximum atomic E-state index is 12.7. The van der Waals surface area contributed by atoms with Crippen molar-refractivity contribution in [2.45, 2.75) is 32.9 Å². The summed E-state index contributed by atoms with van der Waals surface area (Å²) < 4.78 is 7.74. The zero-order chi connectivity index (χ0) is 28.6. The second-order valence-electron chi connectivity index (χ2n) is 10.5. The summed E-state index contributed by atoms with van der Waals surface area (Å²) in [6.07, 6.45) is 3.73. The molecule has 1 aliphatic rings. The molecule has 0 saturated carbocycles. The van der Waals surface area contributed by atoms with Crippen molar-refractivity contribution in [1.82, 2.24) is 14.9 Å². The highest BCUT2D eigenvalue weighted by Gasteiger charge is 2.42. The lowest BCUT2D eigenvalue weighted by atomic mass is 9.95. The fourth-order valence-electron chi connectivity index (χ4n) is 4.71. The molecule has 40 heavy (non-hydrogen) atoms. The highest BCUT2D eigenvalue weighted by Crippen LogP contribution is 2.44. The number of benzene rings is 2. The van der Waals surface area contributed by atoms with Crippen LogP contribution in [0.3, 0.4) is 0 Å². The average molecular weight is 595 g/mol. The van der Waals surface area contributed by atoms with Gasteiger partial charge in [-0.25, -0.2) is 0 Å². The number of halogens is 2. The van der Waals surface area contributed by atoms with Crippen LogP contribution in [0.15, 0.2) is 79.1 Å². The minimum absolute atomic E-state index is 0.109. The molecular weight excluding hydrogens is 565 g/mol. The van der Waals surface area contributed by atoms with E-state index in [0.717, 1.165) is 22.8 Å². The molecule has 1 amide bonds. The maximum absolute atomic E-state index is 12.7. The fourth-order valence-corrected chi connectivity index (χ4v) is 5.55. The number of hydrogen-bond donors (Lipinski definition) is 2. The van der Waals surface area contributed by atoms with E-state index in [9.17, 15) is 4.79 Å². The monoisotopic (exact) mass is 593 g/mol. The van der Waals surface area contributed by atoms with E-state index in [1.807, 2.05) is 97.1 Å². The molecule has 1 saturated heterocycles. The van der Waals surface area contributed by atoms with E-state index in [1.54, 1.807) is 19.4 Å². The first kappa shape index (κ1) is 28.0. The van der Waals surface area contributed by atoms with Gasteiger partial charge < -0.3 is 24.8 Å². The zero-order valence-corrected chi connectivity index (χ0v) is 24.8. The lowest BCUT2D eigenvalue weighted by Crippen LogP contribution is -2.30. The first-order valence-electron chi connectivity index (χ1n) is 12.7. The highest BCUT2D eigenvalue weighted by atomic mass is 35.5. The van der Waals surface area contributed by atoms with E-state index in [1.165, 1.54) is 0 Å². The van der Waals surface area contributed by atoms with Crippen LogP contribution >= 0.6 is 35.4 Å². The first-order chi connectivity index (χ1) is 19.1. The van der Waals surface area contributed by atoms with E-state index in [-0.39, 0.29) is 18.0 Å². The molecule has 0 spiro atoms. The van der Waals surface area contributed by atoms with Gasteiger partial charge in [0.1, 0.15) is 11.8 Å². The number of ether oxygens (including phenoxy) is 1. The molecule has 0 bridgehead atoms. The Labute approximate surface area is 249 Å². The van der Waals surface area contributed by atoms with Crippen LogP contribution < -0.4 is 20.3 Å². The Bertz CT molecular complexity index is 1570. The van der Waals surface area contributed by atoms with Crippen molar-refractivity contribution in [3.05, 3.63) is 101 Å². The molecule has 4 aromatic rings. The van der Waals surface area contributed by atoms with Crippen molar-refractivity contribution in [3.63, 3.8) is 0 Å². The van der Waals surface area contributed by atoms with Gasteiger partial charge in [0.2, 0.25) is 5.91 Å². The standard InChI is InChI=1S/C30H29Cl2N5O2S/c1-30(2,3)28(38)34-21-12-11-19(17-25(21)39-4)37-27(26(35-29(37)40)22-8-5-6-14-33-22)24-9-7-15-36(24)23-13-10-18(31)16-20(23)32/h5-17,26-27H,1-4H3,(H,34,38)(H,35,40)/t26-,27+/m1/s1. The minimum atomic E-state index is -0.556. The van der Waals surface area contributed by atoms with Crippen LogP contribution in [0, 0.1) is 5.41 Å². The van der Waals surface area contributed by atoms with E-state index in [0.29, 0.717) is 26.6 Å². The summed E-state index contributed by atoms with van der Waals surface area (Å²) in [5.74, 6) is 0.414.